The average molecular weight is 328 g/mol. The summed E-state index contributed by atoms with van der Waals surface area (Å²) in [5.41, 5.74) is 3.21. The van der Waals surface area contributed by atoms with Gasteiger partial charge in [-0.1, -0.05) is 0 Å². The van der Waals surface area contributed by atoms with Crippen LogP contribution in [0.4, 0.5) is 0 Å². The van der Waals surface area contributed by atoms with Crippen molar-refractivity contribution in [1.82, 2.24) is 9.97 Å². The first kappa shape index (κ1) is 15.4. The van der Waals surface area contributed by atoms with E-state index in [9.17, 15) is 0 Å². The summed E-state index contributed by atoms with van der Waals surface area (Å²) in [6.45, 7) is 6.84. The van der Waals surface area contributed by atoms with E-state index in [1.807, 2.05) is 12.1 Å². The average Bonchev–Trinajstić information content (AvgIpc) is 3.49. The minimum absolute atomic E-state index is 0.225. The van der Waals surface area contributed by atoms with Crippen LogP contribution >= 0.6 is 0 Å². The number of ether oxygens (including phenoxy) is 4. The lowest BCUT2D eigenvalue weighted by atomic mass is 10.0. The van der Waals surface area contributed by atoms with E-state index >= 15 is 0 Å². The largest absolute Gasteiger partial charge is 0.491 e. The molecule has 2 aliphatic heterocycles. The Morgan fingerprint density at radius 3 is 2.21 bits per heavy atom. The number of epoxide rings is 2. The molecule has 0 saturated carbocycles. The molecular formula is C18H20N2O4. The van der Waals surface area contributed by atoms with Crippen LogP contribution in [0.5, 0.6) is 11.5 Å². The van der Waals surface area contributed by atoms with Gasteiger partial charge in [-0.15, -0.1) is 0 Å². The van der Waals surface area contributed by atoms with Gasteiger partial charge in [0, 0.05) is 5.56 Å². The number of nitrogens with zero attached hydrogens (tertiary/aromatic N) is 2. The van der Waals surface area contributed by atoms with Crippen molar-refractivity contribution in [3.8, 4) is 22.9 Å². The summed E-state index contributed by atoms with van der Waals surface area (Å²) in [7, 11) is 0. The summed E-state index contributed by atoms with van der Waals surface area (Å²) in [6, 6.07) is 3.97. The number of hydrogen-bond acceptors (Lipinski definition) is 6. The zero-order valence-electron chi connectivity index (χ0n) is 13.8. The summed E-state index contributed by atoms with van der Waals surface area (Å²) < 4.78 is 21.7. The minimum Gasteiger partial charge on any atom is -0.491 e. The highest BCUT2D eigenvalue weighted by Crippen LogP contribution is 2.30. The van der Waals surface area contributed by atoms with Crippen LogP contribution in [0.25, 0.3) is 11.4 Å². The predicted octanol–water partition coefficient (Wildman–Crippen LogP) is 2.32. The molecule has 0 amide bonds. The van der Waals surface area contributed by atoms with Crippen molar-refractivity contribution in [1.29, 1.82) is 0 Å². The van der Waals surface area contributed by atoms with Gasteiger partial charge in [0.2, 0.25) is 0 Å². The Balaban J connectivity index is 1.48. The van der Waals surface area contributed by atoms with Gasteiger partial charge in [-0.05, 0) is 37.1 Å². The highest BCUT2D eigenvalue weighted by Gasteiger charge is 2.24. The predicted molar refractivity (Wildman–Crippen MR) is 87.4 cm³/mol. The van der Waals surface area contributed by atoms with Gasteiger partial charge in [0.25, 0.3) is 0 Å². The lowest BCUT2D eigenvalue weighted by Crippen LogP contribution is -2.06. The maximum atomic E-state index is 5.81. The molecule has 2 saturated heterocycles. The third-order valence-electron chi connectivity index (χ3n) is 4.27. The molecule has 2 unspecified atom stereocenters. The van der Waals surface area contributed by atoms with E-state index in [4.69, 9.17) is 18.9 Å². The molecule has 0 aliphatic carbocycles. The Bertz CT molecular complexity index is 725. The van der Waals surface area contributed by atoms with E-state index in [1.54, 1.807) is 12.4 Å². The second kappa shape index (κ2) is 6.37. The maximum absolute atomic E-state index is 5.81. The fraction of sp³-hybridized carbons (Fsp3) is 0.444. The van der Waals surface area contributed by atoms with Gasteiger partial charge in [-0.25, -0.2) is 9.97 Å². The van der Waals surface area contributed by atoms with Crippen molar-refractivity contribution in [2.45, 2.75) is 26.1 Å². The summed E-state index contributed by atoms with van der Waals surface area (Å²) in [5.74, 6) is 2.23. The van der Waals surface area contributed by atoms with Crippen LogP contribution in [-0.2, 0) is 9.47 Å². The Kier molecular flexibility index (Phi) is 4.08. The zero-order valence-corrected chi connectivity index (χ0v) is 13.8. The summed E-state index contributed by atoms with van der Waals surface area (Å²) >= 11 is 0. The fourth-order valence-corrected chi connectivity index (χ4v) is 2.42. The number of benzene rings is 1. The van der Waals surface area contributed by atoms with Crippen molar-refractivity contribution in [2.24, 2.45) is 0 Å². The molecule has 2 aromatic rings. The van der Waals surface area contributed by atoms with E-state index in [2.05, 4.69) is 23.8 Å². The fourth-order valence-electron chi connectivity index (χ4n) is 2.42. The molecule has 0 N–H and O–H groups in total. The SMILES string of the molecule is Cc1c(OCC2CO2)ccc(-c2ncc(OCC3CO3)cn2)c1C. The van der Waals surface area contributed by atoms with Crippen LogP contribution in [0.1, 0.15) is 11.1 Å². The minimum atomic E-state index is 0.225. The van der Waals surface area contributed by atoms with Crippen LogP contribution in [0, 0.1) is 13.8 Å². The molecule has 3 heterocycles. The molecule has 1 aromatic heterocycles. The van der Waals surface area contributed by atoms with Crippen LogP contribution < -0.4 is 9.47 Å². The Labute approximate surface area is 140 Å². The molecule has 4 rings (SSSR count). The molecule has 0 bridgehead atoms. The second-order valence-electron chi connectivity index (χ2n) is 6.14. The van der Waals surface area contributed by atoms with E-state index in [-0.39, 0.29) is 12.2 Å². The smallest absolute Gasteiger partial charge is 0.159 e. The molecular weight excluding hydrogens is 308 g/mol. The normalized spacial score (nSPS) is 21.4. The molecule has 126 valence electrons. The third kappa shape index (κ3) is 3.49. The van der Waals surface area contributed by atoms with Crippen molar-refractivity contribution in [3.63, 3.8) is 0 Å². The number of hydrogen-bond donors (Lipinski definition) is 0. The van der Waals surface area contributed by atoms with Gasteiger partial charge in [-0.2, -0.15) is 0 Å². The highest BCUT2D eigenvalue weighted by molar-refractivity contribution is 5.64. The lowest BCUT2D eigenvalue weighted by Gasteiger charge is -2.13. The molecule has 2 aliphatic rings. The summed E-state index contributed by atoms with van der Waals surface area (Å²) in [5, 5.41) is 0. The van der Waals surface area contributed by atoms with Crippen molar-refractivity contribution < 1.29 is 18.9 Å². The first-order valence-corrected chi connectivity index (χ1v) is 8.12. The van der Waals surface area contributed by atoms with Crippen molar-refractivity contribution in [2.75, 3.05) is 26.4 Å². The summed E-state index contributed by atoms with van der Waals surface area (Å²) in [4.78, 5) is 8.85. The van der Waals surface area contributed by atoms with Gasteiger partial charge >= 0.3 is 0 Å². The van der Waals surface area contributed by atoms with Gasteiger partial charge in [-0.3, -0.25) is 0 Å². The van der Waals surface area contributed by atoms with Crippen LogP contribution in [0.3, 0.4) is 0 Å². The Morgan fingerprint density at radius 2 is 1.58 bits per heavy atom. The van der Waals surface area contributed by atoms with Gasteiger partial charge < -0.3 is 18.9 Å². The van der Waals surface area contributed by atoms with E-state index in [0.29, 0.717) is 24.8 Å². The van der Waals surface area contributed by atoms with Gasteiger partial charge in [0.05, 0.1) is 25.6 Å². The maximum Gasteiger partial charge on any atom is 0.159 e. The van der Waals surface area contributed by atoms with E-state index in [1.165, 1.54) is 0 Å². The first-order valence-electron chi connectivity index (χ1n) is 8.12. The number of rotatable bonds is 7. The lowest BCUT2D eigenvalue weighted by molar-refractivity contribution is 0.261. The molecule has 24 heavy (non-hydrogen) atoms. The molecule has 0 spiro atoms. The molecule has 6 heteroatoms. The van der Waals surface area contributed by atoms with Crippen molar-refractivity contribution in [3.05, 3.63) is 35.7 Å². The van der Waals surface area contributed by atoms with Crippen LogP contribution in [0.15, 0.2) is 24.5 Å². The second-order valence-corrected chi connectivity index (χ2v) is 6.14. The zero-order chi connectivity index (χ0) is 16.5. The molecule has 2 fully saturated rings. The third-order valence-corrected chi connectivity index (χ3v) is 4.27. The van der Waals surface area contributed by atoms with E-state index in [0.717, 1.165) is 35.7 Å². The van der Waals surface area contributed by atoms with E-state index < -0.39 is 0 Å². The molecule has 6 nitrogen and oxygen atoms in total. The topological polar surface area (TPSA) is 69.3 Å². The molecule has 1 aromatic carbocycles. The highest BCUT2D eigenvalue weighted by atomic mass is 16.6. The quantitative estimate of drug-likeness (QED) is 0.727. The summed E-state index contributed by atoms with van der Waals surface area (Å²) in [6.07, 6.45) is 3.88. The molecule has 0 radical (unpaired) electrons. The number of aromatic nitrogens is 2. The monoisotopic (exact) mass is 328 g/mol. The molecule has 2 atom stereocenters. The van der Waals surface area contributed by atoms with Crippen LogP contribution in [-0.4, -0.2) is 48.6 Å². The van der Waals surface area contributed by atoms with Crippen LogP contribution in [0.2, 0.25) is 0 Å². The Morgan fingerprint density at radius 1 is 0.958 bits per heavy atom. The first-order chi connectivity index (χ1) is 11.7. The van der Waals surface area contributed by atoms with Gasteiger partial charge in [0.15, 0.2) is 11.6 Å². The van der Waals surface area contributed by atoms with Gasteiger partial charge in [0.1, 0.15) is 31.2 Å². The Hall–Kier alpha value is -2.18. The standard InChI is InChI=1S/C18H20N2O4/c1-11-12(2)17(24-10-15-9-23-15)4-3-16(11)18-19-5-13(6-20-18)21-7-14-8-22-14/h3-6,14-15H,7-10H2,1-2H3. The van der Waals surface area contributed by atoms with Crippen molar-refractivity contribution >= 4 is 0 Å².